The van der Waals surface area contributed by atoms with Crippen molar-refractivity contribution in [2.24, 2.45) is 0 Å². The van der Waals surface area contributed by atoms with Crippen LogP contribution in [0.2, 0.25) is 5.28 Å². The summed E-state index contributed by atoms with van der Waals surface area (Å²) in [7, 11) is 1.76. The fraction of sp³-hybridized carbons (Fsp3) is 0.500. The van der Waals surface area contributed by atoms with Crippen LogP contribution in [0.25, 0.3) is 5.95 Å². The number of hydrogen-bond donors (Lipinski definition) is 1. The van der Waals surface area contributed by atoms with Crippen LogP contribution in [-0.4, -0.2) is 54.0 Å². The first-order valence-corrected chi connectivity index (χ1v) is 5.93. The molecule has 0 amide bonds. The van der Waals surface area contributed by atoms with E-state index in [1.165, 1.54) is 17.3 Å². The van der Waals surface area contributed by atoms with Gasteiger partial charge in [0.15, 0.2) is 0 Å². The smallest absolute Gasteiger partial charge is 0.258 e. The Hall–Kier alpha value is -1.80. The van der Waals surface area contributed by atoms with E-state index in [0.717, 1.165) is 0 Å². The van der Waals surface area contributed by atoms with Crippen molar-refractivity contribution in [3.05, 3.63) is 17.9 Å². The van der Waals surface area contributed by atoms with Crippen molar-refractivity contribution in [1.29, 1.82) is 0 Å². The van der Waals surface area contributed by atoms with E-state index in [2.05, 4.69) is 25.0 Å². The molecule has 19 heavy (non-hydrogen) atoms. The quantitative estimate of drug-likeness (QED) is 0.863. The Bertz CT molecular complexity index is 552. The van der Waals surface area contributed by atoms with E-state index in [0.29, 0.717) is 12.5 Å². The van der Waals surface area contributed by atoms with Gasteiger partial charge < -0.3 is 10.0 Å². The second-order valence-electron chi connectivity index (χ2n) is 4.71. The molecule has 2 rings (SSSR count). The summed E-state index contributed by atoms with van der Waals surface area (Å²) < 4.78 is 1.38. The van der Waals surface area contributed by atoms with Gasteiger partial charge in [0.2, 0.25) is 11.2 Å². The molecule has 0 bridgehead atoms. The molecule has 0 spiro atoms. The maximum atomic E-state index is 9.80. The fourth-order valence-corrected chi connectivity index (χ4v) is 1.72. The Morgan fingerprint density at radius 2 is 2.11 bits per heavy atom. The van der Waals surface area contributed by atoms with Gasteiger partial charge in [0.1, 0.15) is 12.7 Å². The van der Waals surface area contributed by atoms with E-state index in [1.807, 2.05) is 0 Å². The number of aromatic nitrogens is 6. The van der Waals surface area contributed by atoms with Crippen LogP contribution in [0, 0.1) is 0 Å². The number of anilines is 1. The topological polar surface area (TPSA) is 92.8 Å². The van der Waals surface area contributed by atoms with Crippen molar-refractivity contribution < 1.29 is 5.11 Å². The molecule has 2 aromatic rings. The largest absolute Gasteiger partial charge is 0.389 e. The number of nitrogens with zero attached hydrogens (tertiary/aromatic N) is 7. The number of likely N-dealkylation sites (N-methyl/N-ethyl adjacent to an activating group) is 1. The highest BCUT2D eigenvalue weighted by Gasteiger charge is 2.19. The van der Waals surface area contributed by atoms with Gasteiger partial charge in [0, 0.05) is 13.6 Å². The van der Waals surface area contributed by atoms with Gasteiger partial charge in [-0.3, -0.25) is 0 Å². The van der Waals surface area contributed by atoms with Crippen LogP contribution in [0.4, 0.5) is 5.95 Å². The average Bonchev–Trinajstić information content (AvgIpc) is 2.79. The van der Waals surface area contributed by atoms with Gasteiger partial charge in [-0.05, 0) is 25.4 Å². The summed E-state index contributed by atoms with van der Waals surface area (Å²) in [6, 6.07) is 0. The Labute approximate surface area is 115 Å². The highest BCUT2D eigenvalue weighted by atomic mass is 35.5. The monoisotopic (exact) mass is 283 g/mol. The Morgan fingerprint density at radius 1 is 1.37 bits per heavy atom. The Balaban J connectivity index is 2.32. The molecule has 9 heteroatoms. The number of rotatable bonds is 4. The molecule has 102 valence electrons. The maximum absolute atomic E-state index is 9.80. The number of hydrogen-bond acceptors (Lipinski definition) is 7. The number of halogens is 1. The molecule has 0 fully saturated rings. The minimum absolute atomic E-state index is 0.0538. The fourth-order valence-electron chi connectivity index (χ4n) is 1.57. The molecular formula is C10H14ClN7O. The normalized spacial score (nSPS) is 11.6. The van der Waals surface area contributed by atoms with Crippen molar-refractivity contribution in [1.82, 2.24) is 29.7 Å². The summed E-state index contributed by atoms with van der Waals surface area (Å²) in [5.41, 5.74) is -0.874. The number of aliphatic hydroxyl groups is 1. The van der Waals surface area contributed by atoms with Gasteiger partial charge in [-0.1, -0.05) is 0 Å². The van der Waals surface area contributed by atoms with E-state index in [1.54, 1.807) is 25.8 Å². The van der Waals surface area contributed by atoms with Crippen LogP contribution in [0.3, 0.4) is 0 Å². The van der Waals surface area contributed by atoms with Crippen LogP contribution < -0.4 is 4.90 Å². The molecule has 0 saturated carbocycles. The molecule has 2 aromatic heterocycles. The minimum atomic E-state index is -0.874. The van der Waals surface area contributed by atoms with Crippen molar-refractivity contribution in [2.75, 3.05) is 18.5 Å². The second kappa shape index (κ2) is 5.06. The predicted octanol–water partition coefficient (Wildman–Crippen LogP) is 0.313. The SMILES string of the molecule is CN(CC(C)(C)O)c1nc(Cl)nc(-n2cncn2)n1. The lowest BCUT2D eigenvalue weighted by molar-refractivity contribution is 0.0882. The Morgan fingerprint density at radius 3 is 2.68 bits per heavy atom. The van der Waals surface area contributed by atoms with Gasteiger partial charge in [-0.25, -0.2) is 4.98 Å². The zero-order valence-electron chi connectivity index (χ0n) is 10.8. The zero-order chi connectivity index (χ0) is 14.0. The van der Waals surface area contributed by atoms with Gasteiger partial charge in [0.05, 0.1) is 5.60 Å². The predicted molar refractivity (Wildman–Crippen MR) is 69.3 cm³/mol. The van der Waals surface area contributed by atoms with E-state index < -0.39 is 5.60 Å². The summed E-state index contributed by atoms with van der Waals surface area (Å²) in [5.74, 6) is 0.628. The lowest BCUT2D eigenvalue weighted by Gasteiger charge is -2.25. The minimum Gasteiger partial charge on any atom is -0.389 e. The Kier molecular flexibility index (Phi) is 3.63. The summed E-state index contributed by atoms with van der Waals surface area (Å²) >= 11 is 5.87. The van der Waals surface area contributed by atoms with Crippen LogP contribution in [0.15, 0.2) is 12.7 Å². The molecule has 0 atom stereocenters. The molecule has 0 saturated heterocycles. The zero-order valence-corrected chi connectivity index (χ0v) is 11.6. The van der Waals surface area contributed by atoms with Gasteiger partial charge in [-0.15, -0.1) is 0 Å². The third-order valence-electron chi connectivity index (χ3n) is 2.17. The van der Waals surface area contributed by atoms with E-state index in [9.17, 15) is 5.11 Å². The van der Waals surface area contributed by atoms with E-state index in [-0.39, 0.29) is 11.2 Å². The van der Waals surface area contributed by atoms with Crippen molar-refractivity contribution in [3.8, 4) is 5.95 Å². The molecule has 0 radical (unpaired) electrons. The molecule has 0 aliphatic rings. The first kappa shape index (κ1) is 13.6. The molecule has 0 aliphatic heterocycles. The summed E-state index contributed by atoms with van der Waals surface area (Å²) in [6.45, 7) is 3.75. The summed E-state index contributed by atoms with van der Waals surface area (Å²) in [5, 5.41) is 13.8. The average molecular weight is 284 g/mol. The van der Waals surface area contributed by atoms with Crippen molar-refractivity contribution >= 4 is 17.5 Å². The third kappa shape index (κ3) is 3.58. The molecule has 0 unspecified atom stereocenters. The molecule has 0 aliphatic carbocycles. The van der Waals surface area contributed by atoms with Gasteiger partial charge >= 0.3 is 0 Å². The van der Waals surface area contributed by atoms with E-state index in [4.69, 9.17) is 11.6 Å². The lowest BCUT2D eigenvalue weighted by Crippen LogP contribution is -2.37. The highest BCUT2D eigenvalue weighted by Crippen LogP contribution is 2.14. The van der Waals surface area contributed by atoms with Crippen LogP contribution >= 0.6 is 11.6 Å². The van der Waals surface area contributed by atoms with Gasteiger partial charge in [-0.2, -0.15) is 24.7 Å². The molecule has 1 N–H and O–H groups in total. The third-order valence-corrected chi connectivity index (χ3v) is 2.34. The van der Waals surface area contributed by atoms with Crippen LogP contribution in [0.5, 0.6) is 0 Å². The van der Waals surface area contributed by atoms with Gasteiger partial charge in [0.25, 0.3) is 5.95 Å². The van der Waals surface area contributed by atoms with Crippen LogP contribution in [-0.2, 0) is 0 Å². The second-order valence-corrected chi connectivity index (χ2v) is 5.05. The maximum Gasteiger partial charge on any atom is 0.258 e. The van der Waals surface area contributed by atoms with Crippen molar-refractivity contribution in [2.45, 2.75) is 19.4 Å². The van der Waals surface area contributed by atoms with Crippen LogP contribution in [0.1, 0.15) is 13.8 Å². The first-order valence-electron chi connectivity index (χ1n) is 5.55. The molecule has 2 heterocycles. The molecular weight excluding hydrogens is 270 g/mol. The lowest BCUT2D eigenvalue weighted by atomic mass is 10.1. The highest BCUT2D eigenvalue weighted by molar-refractivity contribution is 6.28. The molecule has 8 nitrogen and oxygen atoms in total. The summed E-state index contributed by atoms with van der Waals surface area (Å²) in [4.78, 5) is 17.7. The summed E-state index contributed by atoms with van der Waals surface area (Å²) in [6.07, 6.45) is 2.84. The standard InChI is InChI=1S/C10H14ClN7O/c1-10(2,19)4-17(3)8-14-7(11)15-9(16-8)18-6-12-5-13-18/h5-6,19H,4H2,1-3H3. The van der Waals surface area contributed by atoms with Crippen molar-refractivity contribution in [3.63, 3.8) is 0 Å². The van der Waals surface area contributed by atoms with E-state index >= 15 is 0 Å². The molecule has 0 aromatic carbocycles. The first-order chi connectivity index (χ1) is 8.85.